The summed E-state index contributed by atoms with van der Waals surface area (Å²) in [5.74, 6) is -1.00. The minimum Gasteiger partial charge on any atom is -0.478 e. The fourth-order valence-corrected chi connectivity index (χ4v) is 3.31. The number of rotatable bonds is 3. The van der Waals surface area contributed by atoms with E-state index < -0.39 is 16.2 Å². The molecule has 6 nitrogen and oxygen atoms in total. The van der Waals surface area contributed by atoms with Crippen LogP contribution in [0.3, 0.4) is 0 Å². The van der Waals surface area contributed by atoms with Crippen LogP contribution in [-0.2, 0) is 16.6 Å². The van der Waals surface area contributed by atoms with Gasteiger partial charge in [0.2, 0.25) is 0 Å². The molecule has 19 heavy (non-hydrogen) atoms. The number of carboxylic acids is 1. The van der Waals surface area contributed by atoms with Crippen molar-refractivity contribution >= 4 is 21.9 Å². The standard InChI is InChI=1S/C12H16N2O4S/c1-13(2)19(17,18)14-7-3-4-9-8-10(12(15)16)5-6-11(9)14/h5-6,8H,3-4,7H2,1-2H3,(H,15,16). The zero-order valence-corrected chi connectivity index (χ0v) is 11.6. The van der Waals surface area contributed by atoms with E-state index in [0.29, 0.717) is 25.1 Å². The maximum absolute atomic E-state index is 12.2. The van der Waals surface area contributed by atoms with E-state index in [0.717, 1.165) is 9.87 Å². The van der Waals surface area contributed by atoms with Crippen LogP contribution in [0.5, 0.6) is 0 Å². The summed E-state index contributed by atoms with van der Waals surface area (Å²) in [5, 5.41) is 8.96. The van der Waals surface area contributed by atoms with Crippen LogP contribution in [0.1, 0.15) is 22.3 Å². The molecule has 0 atom stereocenters. The van der Waals surface area contributed by atoms with Gasteiger partial charge in [-0.05, 0) is 36.6 Å². The lowest BCUT2D eigenvalue weighted by atomic mass is 10.0. The summed E-state index contributed by atoms with van der Waals surface area (Å²) in [6.07, 6.45) is 1.37. The predicted molar refractivity (Wildman–Crippen MR) is 71.7 cm³/mol. The maximum atomic E-state index is 12.2. The van der Waals surface area contributed by atoms with Crippen LogP contribution in [0.4, 0.5) is 5.69 Å². The van der Waals surface area contributed by atoms with Crippen molar-refractivity contribution < 1.29 is 18.3 Å². The lowest BCUT2D eigenvalue weighted by Gasteiger charge is -2.32. The van der Waals surface area contributed by atoms with Gasteiger partial charge in [-0.2, -0.15) is 12.7 Å². The third-order valence-electron chi connectivity index (χ3n) is 3.14. The van der Waals surface area contributed by atoms with Gasteiger partial charge < -0.3 is 5.11 Å². The van der Waals surface area contributed by atoms with E-state index >= 15 is 0 Å². The van der Waals surface area contributed by atoms with E-state index in [9.17, 15) is 13.2 Å². The first-order chi connectivity index (χ1) is 8.84. The Hall–Kier alpha value is -1.60. The van der Waals surface area contributed by atoms with Crippen LogP contribution in [0, 0.1) is 0 Å². The Balaban J connectivity index is 2.49. The highest BCUT2D eigenvalue weighted by Gasteiger charge is 2.29. The van der Waals surface area contributed by atoms with Crippen molar-refractivity contribution in [2.75, 3.05) is 24.9 Å². The molecule has 1 aliphatic heterocycles. The van der Waals surface area contributed by atoms with Crippen molar-refractivity contribution in [3.05, 3.63) is 29.3 Å². The quantitative estimate of drug-likeness (QED) is 0.896. The molecule has 0 amide bonds. The van der Waals surface area contributed by atoms with Gasteiger partial charge in [0.05, 0.1) is 11.3 Å². The number of fused-ring (bicyclic) bond motifs is 1. The Morgan fingerprint density at radius 2 is 2.05 bits per heavy atom. The van der Waals surface area contributed by atoms with Crippen molar-refractivity contribution in [3.63, 3.8) is 0 Å². The molecule has 1 aromatic rings. The monoisotopic (exact) mass is 284 g/mol. The van der Waals surface area contributed by atoms with Crippen LogP contribution in [-0.4, -0.2) is 44.4 Å². The largest absolute Gasteiger partial charge is 0.478 e. The molecule has 0 aromatic heterocycles. The number of hydrogen-bond donors (Lipinski definition) is 1. The maximum Gasteiger partial charge on any atom is 0.335 e. The summed E-state index contributed by atoms with van der Waals surface area (Å²) in [6, 6.07) is 4.55. The van der Waals surface area contributed by atoms with Crippen molar-refractivity contribution in [2.24, 2.45) is 0 Å². The van der Waals surface area contributed by atoms with E-state index in [-0.39, 0.29) is 5.56 Å². The molecule has 2 rings (SSSR count). The molecule has 104 valence electrons. The second kappa shape index (κ2) is 4.82. The van der Waals surface area contributed by atoms with Gasteiger partial charge >= 0.3 is 16.2 Å². The molecule has 1 N–H and O–H groups in total. The number of aromatic carboxylic acids is 1. The second-order valence-corrected chi connectivity index (χ2v) is 6.68. The zero-order chi connectivity index (χ0) is 14.2. The van der Waals surface area contributed by atoms with Gasteiger partial charge in [0.25, 0.3) is 0 Å². The SMILES string of the molecule is CN(C)S(=O)(=O)N1CCCc2cc(C(=O)O)ccc21. The highest BCUT2D eigenvalue weighted by atomic mass is 32.2. The number of carbonyl (C=O) groups is 1. The molecule has 0 bridgehead atoms. The Bertz CT molecular complexity index is 610. The van der Waals surface area contributed by atoms with Crippen LogP contribution in [0.15, 0.2) is 18.2 Å². The number of nitrogens with zero attached hydrogens (tertiary/aromatic N) is 2. The normalized spacial score (nSPS) is 15.4. The highest BCUT2D eigenvalue weighted by Crippen LogP contribution is 2.30. The molecule has 0 aliphatic carbocycles. The van der Waals surface area contributed by atoms with E-state index in [1.807, 2.05) is 0 Å². The molecule has 1 heterocycles. The van der Waals surface area contributed by atoms with Gasteiger partial charge in [-0.3, -0.25) is 4.31 Å². The summed E-state index contributed by atoms with van der Waals surface area (Å²) in [5.41, 5.74) is 1.52. The third-order valence-corrected chi connectivity index (χ3v) is 5.00. The molecule has 0 saturated carbocycles. The minimum absolute atomic E-state index is 0.183. The molecule has 7 heteroatoms. The van der Waals surface area contributed by atoms with Crippen LogP contribution in [0.25, 0.3) is 0 Å². The first-order valence-electron chi connectivity index (χ1n) is 5.90. The molecule has 0 saturated heterocycles. The van der Waals surface area contributed by atoms with Gasteiger partial charge in [-0.25, -0.2) is 4.79 Å². The van der Waals surface area contributed by atoms with Gasteiger partial charge in [0, 0.05) is 20.6 Å². The lowest BCUT2D eigenvalue weighted by Crippen LogP contribution is -2.42. The number of hydrogen-bond acceptors (Lipinski definition) is 3. The van der Waals surface area contributed by atoms with Crippen LogP contribution >= 0.6 is 0 Å². The molecular weight excluding hydrogens is 268 g/mol. The molecule has 0 spiro atoms. The highest BCUT2D eigenvalue weighted by molar-refractivity contribution is 7.90. The average Bonchev–Trinajstić information content (AvgIpc) is 2.36. The molecule has 0 unspecified atom stereocenters. The number of anilines is 1. The Morgan fingerprint density at radius 1 is 1.37 bits per heavy atom. The van der Waals surface area contributed by atoms with E-state index in [4.69, 9.17) is 5.11 Å². The van der Waals surface area contributed by atoms with Gasteiger partial charge in [0.15, 0.2) is 0 Å². The fourth-order valence-electron chi connectivity index (χ4n) is 2.13. The summed E-state index contributed by atoms with van der Waals surface area (Å²) in [4.78, 5) is 10.9. The number of carboxylic acid groups (broad SMARTS) is 1. The fraction of sp³-hybridized carbons (Fsp3) is 0.417. The molecule has 1 aromatic carbocycles. The summed E-state index contributed by atoms with van der Waals surface area (Å²) in [7, 11) is -0.564. The van der Waals surface area contributed by atoms with Crippen LogP contribution < -0.4 is 4.31 Å². The second-order valence-electron chi connectivity index (χ2n) is 4.61. The topological polar surface area (TPSA) is 77.9 Å². The van der Waals surface area contributed by atoms with E-state index in [2.05, 4.69) is 0 Å². The smallest absolute Gasteiger partial charge is 0.335 e. The van der Waals surface area contributed by atoms with Crippen LogP contribution in [0.2, 0.25) is 0 Å². The Morgan fingerprint density at radius 3 is 2.63 bits per heavy atom. The van der Waals surface area contributed by atoms with Gasteiger partial charge in [0.1, 0.15) is 0 Å². The third kappa shape index (κ3) is 2.43. The summed E-state index contributed by atoms with van der Waals surface area (Å²) < 4.78 is 26.9. The summed E-state index contributed by atoms with van der Waals surface area (Å²) >= 11 is 0. The first-order valence-corrected chi connectivity index (χ1v) is 7.30. The van der Waals surface area contributed by atoms with Crippen molar-refractivity contribution in [3.8, 4) is 0 Å². The first kappa shape index (κ1) is 13.8. The van der Waals surface area contributed by atoms with E-state index in [1.54, 1.807) is 12.1 Å². The lowest BCUT2D eigenvalue weighted by molar-refractivity contribution is 0.0697. The minimum atomic E-state index is -3.53. The molecule has 1 aliphatic rings. The van der Waals surface area contributed by atoms with Crippen molar-refractivity contribution in [2.45, 2.75) is 12.8 Å². The predicted octanol–water partition coefficient (Wildman–Crippen LogP) is 0.944. The molecule has 0 radical (unpaired) electrons. The van der Waals surface area contributed by atoms with Gasteiger partial charge in [-0.1, -0.05) is 0 Å². The summed E-state index contributed by atoms with van der Waals surface area (Å²) in [6.45, 7) is 0.417. The Labute approximate surface area is 112 Å². The van der Waals surface area contributed by atoms with Crippen molar-refractivity contribution in [1.29, 1.82) is 0 Å². The van der Waals surface area contributed by atoms with Gasteiger partial charge in [-0.15, -0.1) is 0 Å². The number of aryl methyl sites for hydroxylation is 1. The van der Waals surface area contributed by atoms with E-state index in [1.165, 1.54) is 24.5 Å². The molecule has 0 fully saturated rings. The van der Waals surface area contributed by atoms with Crippen molar-refractivity contribution in [1.82, 2.24) is 4.31 Å². The average molecular weight is 284 g/mol. The zero-order valence-electron chi connectivity index (χ0n) is 10.8. The molecular formula is C12H16N2O4S. The number of benzene rings is 1. The Kier molecular flexibility index (Phi) is 3.51.